The molecule has 2 heterocycles. The van der Waals surface area contributed by atoms with Crippen LogP contribution in [0.25, 0.3) is 0 Å². The van der Waals surface area contributed by atoms with Crippen LogP contribution in [0, 0.1) is 0 Å². The molecule has 2 fully saturated rings. The van der Waals surface area contributed by atoms with E-state index in [4.69, 9.17) is 0 Å². The molecule has 20 heavy (non-hydrogen) atoms. The van der Waals surface area contributed by atoms with Crippen LogP contribution in [0.1, 0.15) is 52.4 Å². The van der Waals surface area contributed by atoms with E-state index >= 15 is 0 Å². The summed E-state index contributed by atoms with van der Waals surface area (Å²) in [5, 5.41) is 3.53. The Morgan fingerprint density at radius 3 is 2.60 bits per heavy atom. The summed E-state index contributed by atoms with van der Waals surface area (Å²) in [4.78, 5) is 16.8. The third kappa shape index (κ3) is 4.45. The van der Waals surface area contributed by atoms with Crippen LogP contribution in [-0.4, -0.2) is 60.5 Å². The van der Waals surface area contributed by atoms with Crippen LogP contribution in [0.4, 0.5) is 0 Å². The van der Waals surface area contributed by atoms with Crippen molar-refractivity contribution in [1.29, 1.82) is 0 Å². The van der Waals surface area contributed by atoms with Crippen LogP contribution in [-0.2, 0) is 4.79 Å². The van der Waals surface area contributed by atoms with Gasteiger partial charge in [-0.3, -0.25) is 9.69 Å². The predicted octanol–water partition coefficient (Wildman–Crippen LogP) is 1.85. The van der Waals surface area contributed by atoms with E-state index < -0.39 is 0 Å². The Morgan fingerprint density at radius 2 is 2.00 bits per heavy atom. The molecule has 0 aromatic rings. The van der Waals surface area contributed by atoms with Gasteiger partial charge in [0.25, 0.3) is 0 Å². The van der Waals surface area contributed by atoms with E-state index in [2.05, 4.69) is 29.0 Å². The van der Waals surface area contributed by atoms with Gasteiger partial charge in [-0.25, -0.2) is 0 Å². The molecule has 1 N–H and O–H groups in total. The number of carbonyl (C=O) groups is 1. The zero-order chi connectivity index (χ0) is 14.4. The van der Waals surface area contributed by atoms with E-state index in [1.54, 1.807) is 0 Å². The Balaban J connectivity index is 1.66. The maximum absolute atomic E-state index is 12.3. The molecule has 0 saturated carbocycles. The quantitative estimate of drug-likeness (QED) is 0.835. The van der Waals surface area contributed by atoms with Crippen LogP contribution in [0.2, 0.25) is 0 Å². The Bertz CT molecular complexity index is 294. The fourth-order valence-corrected chi connectivity index (χ4v) is 3.30. The van der Waals surface area contributed by atoms with Crippen molar-refractivity contribution in [3.05, 3.63) is 0 Å². The third-order valence-corrected chi connectivity index (χ3v) is 5.00. The number of amides is 1. The largest absolute Gasteiger partial charge is 0.340 e. The molecular weight excluding hydrogens is 250 g/mol. The van der Waals surface area contributed by atoms with E-state index in [0.717, 1.165) is 45.6 Å². The lowest BCUT2D eigenvalue weighted by atomic mass is 10.0. The molecule has 0 aliphatic carbocycles. The lowest BCUT2D eigenvalue weighted by Crippen LogP contribution is -2.51. The van der Waals surface area contributed by atoms with Gasteiger partial charge < -0.3 is 10.2 Å². The predicted molar refractivity (Wildman–Crippen MR) is 82.8 cm³/mol. The van der Waals surface area contributed by atoms with Crippen molar-refractivity contribution in [2.75, 3.05) is 32.7 Å². The van der Waals surface area contributed by atoms with Gasteiger partial charge in [-0.2, -0.15) is 0 Å². The fraction of sp³-hybridized carbons (Fsp3) is 0.938. The van der Waals surface area contributed by atoms with Gasteiger partial charge in [-0.05, 0) is 39.2 Å². The number of hydrogen-bond acceptors (Lipinski definition) is 3. The highest BCUT2D eigenvalue weighted by molar-refractivity contribution is 5.76. The Hall–Kier alpha value is -0.610. The van der Waals surface area contributed by atoms with Crippen molar-refractivity contribution in [3.63, 3.8) is 0 Å². The van der Waals surface area contributed by atoms with Crippen molar-refractivity contribution in [3.8, 4) is 0 Å². The molecule has 0 radical (unpaired) electrons. The summed E-state index contributed by atoms with van der Waals surface area (Å²) in [5.41, 5.74) is 0. The molecule has 0 spiro atoms. The Morgan fingerprint density at radius 1 is 1.25 bits per heavy atom. The highest BCUT2D eigenvalue weighted by atomic mass is 16.2. The van der Waals surface area contributed by atoms with Crippen LogP contribution in [0.3, 0.4) is 0 Å². The molecule has 116 valence electrons. The van der Waals surface area contributed by atoms with Gasteiger partial charge in [0.2, 0.25) is 5.91 Å². The maximum Gasteiger partial charge on any atom is 0.222 e. The van der Waals surface area contributed by atoms with E-state index in [0.29, 0.717) is 18.0 Å². The average molecular weight is 281 g/mol. The Labute approximate surface area is 123 Å². The molecule has 2 unspecified atom stereocenters. The zero-order valence-corrected chi connectivity index (χ0v) is 13.2. The highest BCUT2D eigenvalue weighted by Gasteiger charge is 2.23. The lowest BCUT2D eigenvalue weighted by Gasteiger charge is -2.38. The van der Waals surface area contributed by atoms with Crippen LogP contribution < -0.4 is 5.32 Å². The molecule has 2 rings (SSSR count). The van der Waals surface area contributed by atoms with Gasteiger partial charge in [0, 0.05) is 44.7 Å². The molecule has 0 bridgehead atoms. The normalized spacial score (nSPS) is 26.5. The highest BCUT2D eigenvalue weighted by Crippen LogP contribution is 2.14. The van der Waals surface area contributed by atoms with E-state index in [1.165, 1.54) is 25.7 Å². The molecule has 2 atom stereocenters. The summed E-state index contributed by atoms with van der Waals surface area (Å²) in [6.45, 7) is 9.57. The first-order valence-corrected chi connectivity index (χ1v) is 8.46. The SMILES string of the molecule is CCC(C)N1CCN(C(=O)CCC2CCCCN2)CC1. The van der Waals surface area contributed by atoms with Crippen molar-refractivity contribution in [2.45, 2.75) is 64.5 Å². The lowest BCUT2D eigenvalue weighted by molar-refractivity contribution is -0.133. The van der Waals surface area contributed by atoms with Crippen molar-refractivity contribution >= 4 is 5.91 Å². The number of nitrogens with zero attached hydrogens (tertiary/aromatic N) is 2. The Kier molecular flexibility index (Phi) is 6.30. The zero-order valence-electron chi connectivity index (χ0n) is 13.2. The van der Waals surface area contributed by atoms with Crippen molar-refractivity contribution < 1.29 is 4.79 Å². The number of carbonyl (C=O) groups excluding carboxylic acids is 1. The van der Waals surface area contributed by atoms with E-state index in [1.807, 2.05) is 0 Å². The fourth-order valence-electron chi connectivity index (χ4n) is 3.30. The molecule has 4 heteroatoms. The summed E-state index contributed by atoms with van der Waals surface area (Å²) < 4.78 is 0. The number of piperidine rings is 1. The van der Waals surface area contributed by atoms with Gasteiger partial charge in [-0.15, -0.1) is 0 Å². The van der Waals surface area contributed by atoms with Crippen molar-refractivity contribution in [2.24, 2.45) is 0 Å². The molecule has 2 aliphatic rings. The molecule has 0 aromatic heterocycles. The standard InChI is InChI=1S/C16H31N3O/c1-3-14(2)18-10-12-19(13-11-18)16(20)8-7-15-6-4-5-9-17-15/h14-15,17H,3-13H2,1-2H3. The molecule has 0 aromatic carbocycles. The summed E-state index contributed by atoms with van der Waals surface area (Å²) in [7, 11) is 0. The number of rotatable bonds is 5. The first-order chi connectivity index (χ1) is 9.70. The topological polar surface area (TPSA) is 35.6 Å². The van der Waals surface area contributed by atoms with Crippen molar-refractivity contribution in [1.82, 2.24) is 15.1 Å². The van der Waals surface area contributed by atoms with E-state index in [-0.39, 0.29) is 0 Å². The summed E-state index contributed by atoms with van der Waals surface area (Å²) in [6.07, 6.45) is 6.79. The minimum absolute atomic E-state index is 0.362. The smallest absolute Gasteiger partial charge is 0.222 e. The first-order valence-electron chi connectivity index (χ1n) is 8.46. The minimum Gasteiger partial charge on any atom is -0.340 e. The van der Waals surface area contributed by atoms with Gasteiger partial charge in [0.15, 0.2) is 0 Å². The molecule has 4 nitrogen and oxygen atoms in total. The van der Waals surface area contributed by atoms with Gasteiger partial charge >= 0.3 is 0 Å². The molecular formula is C16H31N3O. The first kappa shape index (κ1) is 15.8. The second-order valence-electron chi connectivity index (χ2n) is 6.36. The summed E-state index contributed by atoms with van der Waals surface area (Å²) in [5.74, 6) is 0.362. The summed E-state index contributed by atoms with van der Waals surface area (Å²) in [6, 6.07) is 1.23. The summed E-state index contributed by atoms with van der Waals surface area (Å²) >= 11 is 0. The van der Waals surface area contributed by atoms with Crippen LogP contribution in [0.5, 0.6) is 0 Å². The monoisotopic (exact) mass is 281 g/mol. The number of piperazine rings is 1. The minimum atomic E-state index is 0.362. The van der Waals surface area contributed by atoms with Gasteiger partial charge in [0.1, 0.15) is 0 Å². The second kappa shape index (κ2) is 7.99. The van der Waals surface area contributed by atoms with Gasteiger partial charge in [0.05, 0.1) is 0 Å². The van der Waals surface area contributed by atoms with E-state index in [9.17, 15) is 4.79 Å². The average Bonchev–Trinajstić information content (AvgIpc) is 2.53. The molecule has 2 saturated heterocycles. The number of hydrogen-bond donors (Lipinski definition) is 1. The van der Waals surface area contributed by atoms with Crippen LogP contribution >= 0.6 is 0 Å². The van der Waals surface area contributed by atoms with Crippen LogP contribution in [0.15, 0.2) is 0 Å². The third-order valence-electron chi connectivity index (χ3n) is 5.00. The van der Waals surface area contributed by atoms with Gasteiger partial charge in [-0.1, -0.05) is 13.3 Å². The maximum atomic E-state index is 12.3. The second-order valence-corrected chi connectivity index (χ2v) is 6.36. The number of nitrogens with one attached hydrogen (secondary N) is 1. The molecule has 1 amide bonds. The molecule has 2 aliphatic heterocycles.